The first-order valence-electron chi connectivity index (χ1n) is 10.2. The molecule has 1 aromatic carbocycles. The molecule has 6 nitrogen and oxygen atoms in total. The molecule has 31 heavy (non-hydrogen) atoms. The van der Waals surface area contributed by atoms with Gasteiger partial charge in [-0.2, -0.15) is 0 Å². The third kappa shape index (κ3) is 5.98. The average molecular weight is 438 g/mol. The number of likely N-dealkylation sites (N-methyl/N-ethyl adjacent to an activating group) is 1. The van der Waals surface area contributed by atoms with Crippen molar-refractivity contribution in [3.63, 3.8) is 0 Å². The third-order valence-corrected chi connectivity index (χ3v) is 5.69. The van der Waals surface area contributed by atoms with Gasteiger partial charge in [-0.1, -0.05) is 24.8 Å². The summed E-state index contributed by atoms with van der Waals surface area (Å²) in [4.78, 5) is 21.7. The van der Waals surface area contributed by atoms with Crippen molar-refractivity contribution in [1.82, 2.24) is 10.3 Å². The second-order valence-electron chi connectivity index (χ2n) is 7.00. The molecular formula is C24H27N3O3S. The Bertz CT molecular complexity index is 1100. The first-order chi connectivity index (χ1) is 15.0. The molecule has 1 N–H and O–H groups in total. The lowest BCUT2D eigenvalue weighted by Crippen LogP contribution is -2.20. The van der Waals surface area contributed by atoms with Gasteiger partial charge in [0.1, 0.15) is 23.7 Å². The molecular weight excluding hydrogens is 410 g/mol. The van der Waals surface area contributed by atoms with E-state index in [9.17, 15) is 4.79 Å². The lowest BCUT2D eigenvalue weighted by atomic mass is 10.2. The van der Waals surface area contributed by atoms with Gasteiger partial charge in [-0.25, -0.2) is 0 Å². The smallest absolute Gasteiger partial charge is 0.258 e. The molecule has 0 bridgehead atoms. The summed E-state index contributed by atoms with van der Waals surface area (Å²) in [5.74, 6) is 1.23. The van der Waals surface area contributed by atoms with Crippen LogP contribution in [0.1, 0.15) is 38.5 Å². The number of hydrogen-bond donors (Lipinski definition) is 1. The Kier molecular flexibility index (Phi) is 7.89. The fraction of sp³-hybridized carbons (Fsp3) is 0.292. The summed E-state index contributed by atoms with van der Waals surface area (Å²) in [6, 6.07) is 11.5. The van der Waals surface area contributed by atoms with Crippen LogP contribution in [0.25, 0.3) is 16.5 Å². The zero-order valence-corrected chi connectivity index (χ0v) is 19.1. The van der Waals surface area contributed by atoms with Gasteiger partial charge in [0.2, 0.25) is 0 Å². The molecule has 0 radical (unpaired) electrons. The second kappa shape index (κ2) is 10.8. The average Bonchev–Trinajstić information content (AvgIpc) is 3.23. The number of pyridine rings is 1. The number of benzene rings is 1. The number of amides is 1. The van der Waals surface area contributed by atoms with Crippen LogP contribution in [0.2, 0.25) is 0 Å². The molecule has 0 spiro atoms. The maximum absolute atomic E-state index is 12.5. The molecule has 0 aliphatic rings. The Labute approximate surface area is 186 Å². The van der Waals surface area contributed by atoms with Gasteiger partial charge in [0.25, 0.3) is 5.91 Å². The van der Waals surface area contributed by atoms with Crippen LogP contribution in [-0.4, -0.2) is 29.5 Å². The molecule has 3 rings (SSSR count). The molecule has 3 aromatic rings. The van der Waals surface area contributed by atoms with Crippen molar-refractivity contribution in [3.8, 4) is 5.75 Å². The molecule has 0 saturated heterocycles. The summed E-state index contributed by atoms with van der Waals surface area (Å²) in [5.41, 5.74) is 2.51. The van der Waals surface area contributed by atoms with Crippen LogP contribution in [0.4, 0.5) is 0 Å². The van der Waals surface area contributed by atoms with Crippen LogP contribution >= 0.6 is 11.8 Å². The largest absolute Gasteiger partial charge is 0.489 e. The number of fused-ring (bicyclic) bond motifs is 1. The monoisotopic (exact) mass is 437 g/mol. The van der Waals surface area contributed by atoms with E-state index in [1.54, 1.807) is 19.4 Å². The minimum atomic E-state index is -0.158. The zero-order valence-electron chi connectivity index (χ0n) is 18.3. The van der Waals surface area contributed by atoms with Crippen molar-refractivity contribution in [2.45, 2.75) is 33.8 Å². The van der Waals surface area contributed by atoms with E-state index in [1.807, 2.05) is 50.2 Å². The lowest BCUT2D eigenvalue weighted by molar-refractivity contribution is -0.116. The van der Waals surface area contributed by atoms with Gasteiger partial charge < -0.3 is 14.5 Å². The van der Waals surface area contributed by atoms with E-state index in [4.69, 9.17) is 9.15 Å². The van der Waals surface area contributed by atoms with Gasteiger partial charge in [-0.15, -0.1) is 0 Å². The maximum Gasteiger partial charge on any atom is 0.258 e. The fourth-order valence-electron chi connectivity index (χ4n) is 2.91. The number of aromatic nitrogens is 1. The van der Waals surface area contributed by atoms with Crippen molar-refractivity contribution in [3.05, 3.63) is 65.0 Å². The Balaban J connectivity index is 1.86. The molecule has 0 atom stereocenters. The second-order valence-corrected chi connectivity index (χ2v) is 8.20. The van der Waals surface area contributed by atoms with Crippen LogP contribution in [0.15, 0.2) is 63.1 Å². The number of carbonyl (C=O) groups is 1. The van der Waals surface area contributed by atoms with Crippen molar-refractivity contribution >= 4 is 39.3 Å². The van der Waals surface area contributed by atoms with Gasteiger partial charge in [-0.3, -0.25) is 14.8 Å². The minimum absolute atomic E-state index is 0.158. The number of thioether (sulfide) groups is 1. The Morgan fingerprint density at radius 1 is 1.26 bits per heavy atom. The minimum Gasteiger partial charge on any atom is -0.489 e. The molecule has 0 unspecified atom stereocenters. The summed E-state index contributed by atoms with van der Waals surface area (Å²) in [7, 11) is 1.62. The van der Waals surface area contributed by atoms with Crippen LogP contribution in [0.3, 0.4) is 0 Å². The zero-order chi connectivity index (χ0) is 22.2. The predicted molar refractivity (Wildman–Crippen MR) is 127 cm³/mol. The molecule has 0 aliphatic carbocycles. The highest BCUT2D eigenvalue weighted by atomic mass is 32.2. The van der Waals surface area contributed by atoms with E-state index in [-0.39, 0.29) is 5.91 Å². The number of aliphatic imine (C=N–C) groups is 1. The highest BCUT2D eigenvalue weighted by molar-refractivity contribution is 8.18. The van der Waals surface area contributed by atoms with Crippen molar-refractivity contribution < 1.29 is 13.9 Å². The summed E-state index contributed by atoms with van der Waals surface area (Å²) in [6.45, 7) is 7.07. The number of hydrogen-bond acceptors (Lipinski definition) is 6. The summed E-state index contributed by atoms with van der Waals surface area (Å²) < 4.78 is 11.9. The normalized spacial score (nSPS) is 12.6. The van der Waals surface area contributed by atoms with E-state index in [1.165, 1.54) is 11.8 Å². The van der Waals surface area contributed by atoms with E-state index in [0.29, 0.717) is 17.3 Å². The molecule has 1 amide bonds. The third-order valence-electron chi connectivity index (χ3n) is 4.57. The quantitative estimate of drug-likeness (QED) is 0.288. The number of furan rings is 1. The lowest BCUT2D eigenvalue weighted by Gasteiger charge is -2.09. The summed E-state index contributed by atoms with van der Waals surface area (Å²) in [5, 5.41) is 4.47. The topological polar surface area (TPSA) is 76.7 Å². The van der Waals surface area contributed by atoms with Crippen LogP contribution in [0, 0.1) is 0 Å². The van der Waals surface area contributed by atoms with Crippen molar-refractivity contribution in [2.24, 2.45) is 4.99 Å². The number of nitrogens with zero attached hydrogens (tertiary/aromatic N) is 2. The fourth-order valence-corrected chi connectivity index (χ4v) is 3.81. The van der Waals surface area contributed by atoms with E-state index in [0.717, 1.165) is 45.9 Å². The van der Waals surface area contributed by atoms with Crippen LogP contribution in [-0.2, 0) is 11.4 Å². The van der Waals surface area contributed by atoms with Crippen LogP contribution in [0.5, 0.6) is 5.75 Å². The molecule has 162 valence electrons. The number of nitrogens with one attached hydrogen (secondary N) is 1. The first-order valence-corrected chi connectivity index (χ1v) is 11.0. The molecule has 2 aromatic heterocycles. The number of allylic oxidation sites excluding steroid dienone is 1. The van der Waals surface area contributed by atoms with Gasteiger partial charge in [0.05, 0.1) is 9.95 Å². The van der Waals surface area contributed by atoms with E-state index >= 15 is 0 Å². The SMILES string of the molecule is CCCN=C(C)S/C(C(=O)NC)=C(\C)c1cc2cc(OCc3cccnc3)ccc2o1. The molecule has 0 aliphatic heterocycles. The first kappa shape index (κ1) is 22.6. The van der Waals surface area contributed by atoms with Crippen molar-refractivity contribution in [1.29, 1.82) is 0 Å². The highest BCUT2D eigenvalue weighted by Crippen LogP contribution is 2.33. The number of rotatable bonds is 8. The maximum atomic E-state index is 12.5. The molecule has 0 saturated carbocycles. The number of ether oxygens (including phenoxy) is 1. The Morgan fingerprint density at radius 2 is 2.10 bits per heavy atom. The van der Waals surface area contributed by atoms with Gasteiger partial charge in [-0.05, 0) is 50.6 Å². The summed E-state index contributed by atoms with van der Waals surface area (Å²) >= 11 is 1.37. The standard InChI is InChI=1S/C24H27N3O3S/c1-5-10-27-17(3)31-23(24(28)25-4)16(2)22-13-19-12-20(8-9-21(19)30-22)29-15-18-7-6-11-26-14-18/h6-9,11-14H,5,10,15H2,1-4H3,(H,25,28)/b23-16+,27-17?. The van der Waals surface area contributed by atoms with Gasteiger partial charge in [0.15, 0.2) is 0 Å². The summed E-state index contributed by atoms with van der Waals surface area (Å²) in [6.07, 6.45) is 4.48. The Morgan fingerprint density at radius 3 is 2.81 bits per heavy atom. The predicted octanol–water partition coefficient (Wildman–Crippen LogP) is 5.45. The van der Waals surface area contributed by atoms with E-state index in [2.05, 4.69) is 22.2 Å². The highest BCUT2D eigenvalue weighted by Gasteiger charge is 2.18. The Hall–Kier alpha value is -3.06. The molecule has 7 heteroatoms. The number of carbonyl (C=O) groups excluding carboxylic acids is 1. The van der Waals surface area contributed by atoms with E-state index < -0.39 is 0 Å². The van der Waals surface area contributed by atoms with Gasteiger partial charge in [0, 0.05) is 42.5 Å². The van der Waals surface area contributed by atoms with Gasteiger partial charge >= 0.3 is 0 Å². The molecule has 2 heterocycles. The van der Waals surface area contributed by atoms with Crippen LogP contribution < -0.4 is 10.1 Å². The molecule has 0 fully saturated rings. The van der Waals surface area contributed by atoms with Crippen molar-refractivity contribution in [2.75, 3.05) is 13.6 Å².